The van der Waals surface area contributed by atoms with E-state index in [1.165, 1.54) is 20.2 Å². The van der Waals surface area contributed by atoms with E-state index in [1.807, 2.05) is 0 Å². The molecule has 0 aliphatic heterocycles. The highest BCUT2D eigenvalue weighted by Crippen LogP contribution is 2.41. The SMILES string of the molecule is Br.Br.NC(=S)NCc1c(Br)ccc2c1sc1c(CNC(N)=S)c(Br)ccc12. The average Bonchev–Trinajstić information content (AvgIpc) is 2.91. The van der Waals surface area contributed by atoms with Crippen LogP contribution >= 0.6 is 102 Å². The molecular weight excluding hydrogens is 664 g/mol. The van der Waals surface area contributed by atoms with Crippen molar-refractivity contribution >= 4 is 132 Å². The molecule has 0 unspecified atom stereocenters. The van der Waals surface area contributed by atoms with Gasteiger partial charge in [0.15, 0.2) is 10.2 Å². The van der Waals surface area contributed by atoms with Crippen LogP contribution < -0.4 is 22.1 Å². The number of hydrogen-bond acceptors (Lipinski definition) is 3. The lowest BCUT2D eigenvalue weighted by atomic mass is 10.1. The Hall–Kier alpha value is -0.0400. The minimum atomic E-state index is 0. The monoisotopic (exact) mass is 676 g/mol. The van der Waals surface area contributed by atoms with Crippen molar-refractivity contribution in [3.63, 3.8) is 0 Å². The van der Waals surface area contributed by atoms with Crippen molar-refractivity contribution in [2.75, 3.05) is 0 Å². The van der Waals surface area contributed by atoms with Gasteiger partial charge in [0.25, 0.3) is 0 Å². The summed E-state index contributed by atoms with van der Waals surface area (Å²) in [6.07, 6.45) is 0. The summed E-state index contributed by atoms with van der Waals surface area (Å²) in [7, 11) is 0. The van der Waals surface area contributed by atoms with E-state index in [0.29, 0.717) is 13.1 Å². The van der Waals surface area contributed by atoms with Crippen LogP contribution in [-0.2, 0) is 13.1 Å². The molecule has 2 aromatic carbocycles. The summed E-state index contributed by atoms with van der Waals surface area (Å²) in [6.45, 7) is 1.14. The Morgan fingerprint density at radius 1 is 0.815 bits per heavy atom. The Bertz CT molecular complexity index is 928. The summed E-state index contributed by atoms with van der Waals surface area (Å²) in [6, 6.07) is 8.36. The quantitative estimate of drug-likeness (QED) is 0.277. The zero-order chi connectivity index (χ0) is 18.1. The number of thiophene rings is 1. The van der Waals surface area contributed by atoms with Crippen LogP contribution in [0.4, 0.5) is 0 Å². The molecule has 0 atom stereocenters. The molecule has 1 heterocycles. The van der Waals surface area contributed by atoms with Crippen LogP contribution in [0.2, 0.25) is 0 Å². The van der Waals surface area contributed by atoms with Crippen molar-refractivity contribution in [2.45, 2.75) is 13.1 Å². The van der Waals surface area contributed by atoms with Crippen LogP contribution in [0.3, 0.4) is 0 Å². The van der Waals surface area contributed by atoms with Crippen LogP contribution in [-0.4, -0.2) is 10.2 Å². The molecule has 0 amide bonds. The lowest BCUT2D eigenvalue weighted by molar-refractivity contribution is 0.925. The Morgan fingerprint density at radius 3 is 1.52 bits per heavy atom. The Kier molecular flexibility index (Phi) is 9.86. The van der Waals surface area contributed by atoms with Gasteiger partial charge in [0.1, 0.15) is 0 Å². The minimum absolute atomic E-state index is 0. The highest BCUT2D eigenvalue weighted by atomic mass is 79.9. The largest absolute Gasteiger partial charge is 0.376 e. The van der Waals surface area contributed by atoms with Gasteiger partial charge in [-0.25, -0.2) is 0 Å². The number of fused-ring (bicyclic) bond motifs is 3. The molecule has 3 rings (SSSR count). The maximum Gasteiger partial charge on any atom is 0.163 e. The van der Waals surface area contributed by atoms with E-state index in [9.17, 15) is 0 Å². The third-order valence-corrected chi connectivity index (χ3v) is 6.90. The average molecular weight is 680 g/mol. The second kappa shape index (κ2) is 10.7. The van der Waals surface area contributed by atoms with Crippen molar-refractivity contribution in [2.24, 2.45) is 11.5 Å². The number of hydrogen-bond donors (Lipinski definition) is 4. The molecule has 3 aromatic rings. The van der Waals surface area contributed by atoms with E-state index >= 15 is 0 Å². The first-order valence-corrected chi connectivity index (χ1v) is 10.5. The summed E-state index contributed by atoms with van der Waals surface area (Å²) in [5, 5.41) is 9.05. The third kappa shape index (κ3) is 5.52. The van der Waals surface area contributed by atoms with E-state index in [1.54, 1.807) is 11.3 Å². The highest BCUT2D eigenvalue weighted by molar-refractivity contribution is 9.10. The number of thiocarbonyl (C=S) groups is 2. The normalized spacial score (nSPS) is 10.1. The molecule has 1 aromatic heterocycles. The predicted molar refractivity (Wildman–Crippen MR) is 143 cm³/mol. The predicted octanol–water partition coefficient (Wildman–Crippen LogP) is 5.40. The molecule has 0 spiro atoms. The van der Waals surface area contributed by atoms with Gasteiger partial charge in [-0.15, -0.1) is 45.3 Å². The number of benzene rings is 2. The van der Waals surface area contributed by atoms with Crippen LogP contribution in [0.25, 0.3) is 20.2 Å². The number of nitrogens with two attached hydrogens (primary N) is 2. The third-order valence-electron chi connectivity index (χ3n) is 3.78. The summed E-state index contributed by atoms with van der Waals surface area (Å²) >= 11 is 18.9. The standard InChI is InChI=1S/C16H14Br2N4S3.2BrH/c17-11-3-1-7-8-2-4-12(18)10(6-22-16(20)24)14(8)25-13(7)9(11)5-21-15(19)23;;/h1-4H,5-6H2,(H3,19,21,23)(H3,20,22,24);2*1H. The first kappa shape index (κ1) is 25.0. The van der Waals surface area contributed by atoms with Crippen LogP contribution in [0.15, 0.2) is 33.2 Å². The van der Waals surface area contributed by atoms with Gasteiger partial charge in [-0.05, 0) is 36.6 Å². The van der Waals surface area contributed by atoms with E-state index < -0.39 is 0 Å². The van der Waals surface area contributed by atoms with Gasteiger partial charge < -0.3 is 22.1 Å². The fraction of sp³-hybridized carbons (Fsp3) is 0.125. The van der Waals surface area contributed by atoms with Crippen molar-refractivity contribution in [3.8, 4) is 0 Å². The fourth-order valence-corrected chi connectivity index (χ4v) is 5.39. The minimum Gasteiger partial charge on any atom is -0.376 e. The van der Waals surface area contributed by atoms with Crippen LogP contribution in [0, 0.1) is 0 Å². The van der Waals surface area contributed by atoms with E-state index in [0.717, 1.165) is 20.1 Å². The molecule has 0 aliphatic carbocycles. The summed E-state index contributed by atoms with van der Waals surface area (Å²) < 4.78 is 4.44. The molecular formula is C16H16Br4N4S3. The Labute approximate surface area is 209 Å². The molecule has 27 heavy (non-hydrogen) atoms. The van der Waals surface area contributed by atoms with Gasteiger partial charge in [0.2, 0.25) is 0 Å². The van der Waals surface area contributed by atoms with Crippen molar-refractivity contribution < 1.29 is 0 Å². The second-order valence-electron chi connectivity index (χ2n) is 5.34. The van der Waals surface area contributed by atoms with E-state index in [2.05, 4.69) is 66.8 Å². The molecule has 0 saturated heterocycles. The van der Waals surface area contributed by atoms with Gasteiger partial charge in [0, 0.05) is 53.3 Å². The zero-order valence-corrected chi connectivity index (χ0v) is 22.7. The van der Waals surface area contributed by atoms with Gasteiger partial charge >= 0.3 is 0 Å². The maximum atomic E-state index is 5.59. The highest BCUT2D eigenvalue weighted by Gasteiger charge is 2.16. The molecule has 6 N–H and O–H groups in total. The lowest BCUT2D eigenvalue weighted by Gasteiger charge is -2.08. The van der Waals surface area contributed by atoms with Gasteiger partial charge in [0.05, 0.1) is 0 Å². The number of halogens is 4. The molecule has 0 aliphatic rings. The first-order valence-electron chi connectivity index (χ1n) is 7.26. The van der Waals surface area contributed by atoms with Gasteiger partial charge in [-0.2, -0.15) is 0 Å². The fourth-order valence-electron chi connectivity index (χ4n) is 2.65. The molecule has 0 bridgehead atoms. The van der Waals surface area contributed by atoms with E-state index in [4.69, 9.17) is 35.9 Å². The summed E-state index contributed by atoms with van der Waals surface area (Å²) in [4.78, 5) is 0. The molecule has 146 valence electrons. The molecule has 0 radical (unpaired) electrons. The Balaban J connectivity index is 0.00000182. The molecule has 0 fully saturated rings. The summed E-state index contributed by atoms with van der Waals surface area (Å²) in [5.74, 6) is 0. The molecule has 4 nitrogen and oxygen atoms in total. The summed E-state index contributed by atoms with van der Waals surface area (Å²) in [5.41, 5.74) is 13.5. The number of nitrogens with one attached hydrogen (secondary N) is 2. The maximum absolute atomic E-state index is 5.59. The van der Waals surface area contributed by atoms with Crippen molar-refractivity contribution in [1.29, 1.82) is 0 Å². The lowest BCUT2D eigenvalue weighted by Crippen LogP contribution is -2.28. The Morgan fingerprint density at radius 2 is 1.19 bits per heavy atom. The van der Waals surface area contributed by atoms with Crippen molar-refractivity contribution in [3.05, 3.63) is 44.3 Å². The van der Waals surface area contributed by atoms with Gasteiger partial charge in [-0.1, -0.05) is 44.0 Å². The topological polar surface area (TPSA) is 76.1 Å². The molecule has 11 heteroatoms. The van der Waals surface area contributed by atoms with Gasteiger partial charge in [-0.3, -0.25) is 0 Å². The van der Waals surface area contributed by atoms with E-state index in [-0.39, 0.29) is 44.2 Å². The molecule has 0 saturated carbocycles. The first-order chi connectivity index (χ1) is 11.9. The smallest absolute Gasteiger partial charge is 0.163 e. The van der Waals surface area contributed by atoms with Crippen LogP contribution in [0.1, 0.15) is 11.1 Å². The van der Waals surface area contributed by atoms with Crippen LogP contribution in [0.5, 0.6) is 0 Å². The number of rotatable bonds is 4. The second-order valence-corrected chi connectivity index (χ2v) is 8.95. The zero-order valence-electron chi connectivity index (χ0n) is 13.7. The van der Waals surface area contributed by atoms with Crippen molar-refractivity contribution in [1.82, 2.24) is 10.6 Å².